The Bertz CT molecular complexity index is 761. The van der Waals surface area contributed by atoms with Crippen LogP contribution in [0.3, 0.4) is 0 Å². The maximum Gasteiger partial charge on any atom is 0.191 e. The lowest BCUT2D eigenvalue weighted by atomic mass is 9.94. The smallest absolute Gasteiger partial charge is 0.191 e. The van der Waals surface area contributed by atoms with E-state index >= 15 is 0 Å². The summed E-state index contributed by atoms with van der Waals surface area (Å²) in [5.74, 6) is 0.844. The summed E-state index contributed by atoms with van der Waals surface area (Å²) in [6, 6.07) is 14.8. The van der Waals surface area contributed by atoms with E-state index in [1.54, 1.807) is 0 Å². The number of nitrogens with zero attached hydrogens (tertiary/aromatic N) is 3. The number of aliphatic imine (C=N–C) groups is 1. The van der Waals surface area contributed by atoms with E-state index in [0.29, 0.717) is 0 Å². The molecule has 0 saturated heterocycles. The van der Waals surface area contributed by atoms with Crippen LogP contribution in [0.2, 0.25) is 0 Å². The standard InChI is InChI=1S/C22H31N5.HI/c1-22(2,27-15-12-18-8-4-5-9-19(18)16-27)17-26-21(23-3)25-14-11-20-10-6-7-13-24-20;/h4-10,13H,11-12,14-17H2,1-3H3,(H2,23,25,26);1H. The van der Waals surface area contributed by atoms with Crippen LogP contribution in [-0.2, 0) is 19.4 Å². The number of benzene rings is 1. The van der Waals surface area contributed by atoms with Gasteiger partial charge in [0.1, 0.15) is 0 Å². The van der Waals surface area contributed by atoms with Gasteiger partial charge in [0.2, 0.25) is 0 Å². The zero-order valence-electron chi connectivity index (χ0n) is 17.1. The van der Waals surface area contributed by atoms with Gasteiger partial charge < -0.3 is 10.6 Å². The normalized spacial score (nSPS) is 14.8. The van der Waals surface area contributed by atoms with Gasteiger partial charge in [0.15, 0.2) is 5.96 Å². The van der Waals surface area contributed by atoms with Gasteiger partial charge in [0, 0.05) is 57.1 Å². The molecule has 152 valence electrons. The maximum atomic E-state index is 4.36. The van der Waals surface area contributed by atoms with Gasteiger partial charge in [0.25, 0.3) is 0 Å². The topological polar surface area (TPSA) is 52.6 Å². The van der Waals surface area contributed by atoms with E-state index in [1.807, 2.05) is 25.4 Å². The molecule has 0 saturated carbocycles. The monoisotopic (exact) mass is 493 g/mol. The molecule has 2 aromatic rings. The van der Waals surface area contributed by atoms with Crippen molar-refractivity contribution in [3.8, 4) is 0 Å². The van der Waals surface area contributed by atoms with Gasteiger partial charge >= 0.3 is 0 Å². The molecule has 0 radical (unpaired) electrons. The molecule has 2 heterocycles. The Kier molecular flexibility index (Phi) is 8.69. The fourth-order valence-electron chi connectivity index (χ4n) is 3.50. The predicted octanol–water partition coefficient (Wildman–Crippen LogP) is 3.24. The average molecular weight is 493 g/mol. The van der Waals surface area contributed by atoms with Gasteiger partial charge in [-0.05, 0) is 43.5 Å². The summed E-state index contributed by atoms with van der Waals surface area (Å²) in [5, 5.41) is 6.88. The Labute approximate surface area is 186 Å². The molecule has 0 amide bonds. The van der Waals surface area contributed by atoms with E-state index in [1.165, 1.54) is 11.1 Å². The van der Waals surface area contributed by atoms with Crippen LogP contribution in [0, 0.1) is 0 Å². The minimum absolute atomic E-state index is 0. The highest BCUT2D eigenvalue weighted by Gasteiger charge is 2.29. The average Bonchev–Trinajstić information content (AvgIpc) is 2.71. The molecule has 0 aliphatic carbocycles. The van der Waals surface area contributed by atoms with Gasteiger partial charge in [0.05, 0.1) is 0 Å². The quantitative estimate of drug-likeness (QED) is 0.369. The molecule has 0 spiro atoms. The first-order valence-electron chi connectivity index (χ1n) is 9.75. The zero-order chi connectivity index (χ0) is 19.1. The molecule has 1 aromatic carbocycles. The van der Waals surface area contributed by atoms with E-state index in [0.717, 1.165) is 50.7 Å². The number of hydrogen-bond donors (Lipinski definition) is 2. The lowest BCUT2D eigenvalue weighted by Crippen LogP contribution is -2.54. The Morgan fingerprint density at radius 3 is 2.57 bits per heavy atom. The van der Waals surface area contributed by atoms with Crippen molar-refractivity contribution < 1.29 is 0 Å². The zero-order valence-corrected chi connectivity index (χ0v) is 19.4. The molecule has 1 aliphatic rings. The third-order valence-corrected chi connectivity index (χ3v) is 5.30. The summed E-state index contributed by atoms with van der Waals surface area (Å²) in [6.07, 6.45) is 3.84. The number of fused-ring (bicyclic) bond motifs is 1. The second-order valence-corrected chi connectivity index (χ2v) is 7.68. The number of nitrogens with one attached hydrogen (secondary N) is 2. The van der Waals surface area contributed by atoms with Gasteiger partial charge in [-0.15, -0.1) is 24.0 Å². The Balaban J connectivity index is 0.00000280. The molecule has 0 bridgehead atoms. The lowest BCUT2D eigenvalue weighted by Gasteiger charge is -2.42. The fraction of sp³-hybridized carbons (Fsp3) is 0.455. The van der Waals surface area contributed by atoms with Crippen molar-refractivity contribution in [2.24, 2.45) is 4.99 Å². The Hall–Kier alpha value is -1.67. The number of pyridine rings is 1. The largest absolute Gasteiger partial charge is 0.356 e. The maximum absolute atomic E-state index is 4.36. The van der Waals surface area contributed by atoms with Crippen molar-refractivity contribution in [1.29, 1.82) is 0 Å². The van der Waals surface area contributed by atoms with Crippen LogP contribution >= 0.6 is 24.0 Å². The minimum atomic E-state index is 0. The summed E-state index contributed by atoms with van der Waals surface area (Å²) in [6.45, 7) is 8.37. The molecule has 0 fully saturated rings. The number of halogens is 1. The molecular weight excluding hydrogens is 461 g/mol. The number of rotatable bonds is 6. The van der Waals surface area contributed by atoms with Crippen LogP contribution in [0.15, 0.2) is 53.7 Å². The van der Waals surface area contributed by atoms with Crippen LogP contribution in [-0.4, -0.2) is 48.1 Å². The van der Waals surface area contributed by atoms with Gasteiger partial charge in [-0.25, -0.2) is 0 Å². The van der Waals surface area contributed by atoms with Crippen molar-refractivity contribution >= 4 is 29.9 Å². The summed E-state index contributed by atoms with van der Waals surface area (Å²) in [4.78, 5) is 11.3. The van der Waals surface area contributed by atoms with E-state index in [9.17, 15) is 0 Å². The molecule has 0 unspecified atom stereocenters. The summed E-state index contributed by atoms with van der Waals surface area (Å²) < 4.78 is 0. The summed E-state index contributed by atoms with van der Waals surface area (Å²) >= 11 is 0. The first-order valence-corrected chi connectivity index (χ1v) is 9.75. The van der Waals surface area contributed by atoms with E-state index in [4.69, 9.17) is 0 Å². The molecule has 28 heavy (non-hydrogen) atoms. The van der Waals surface area contributed by atoms with Crippen LogP contribution < -0.4 is 10.6 Å². The van der Waals surface area contributed by atoms with Crippen molar-refractivity contribution in [2.45, 2.75) is 38.8 Å². The van der Waals surface area contributed by atoms with Gasteiger partial charge in [-0.1, -0.05) is 30.3 Å². The molecule has 1 aliphatic heterocycles. The Morgan fingerprint density at radius 2 is 1.86 bits per heavy atom. The SMILES string of the molecule is CN=C(NCCc1ccccn1)NCC(C)(C)N1CCc2ccccc2C1.I. The van der Waals surface area contributed by atoms with Crippen molar-refractivity contribution in [2.75, 3.05) is 26.7 Å². The van der Waals surface area contributed by atoms with E-state index in [2.05, 4.69) is 69.7 Å². The summed E-state index contributed by atoms with van der Waals surface area (Å²) in [7, 11) is 1.82. The molecule has 1 aromatic heterocycles. The van der Waals surface area contributed by atoms with E-state index in [-0.39, 0.29) is 29.5 Å². The molecule has 6 heteroatoms. The first-order chi connectivity index (χ1) is 13.1. The minimum Gasteiger partial charge on any atom is -0.356 e. The number of guanidine groups is 1. The predicted molar refractivity (Wildman–Crippen MR) is 127 cm³/mol. The second kappa shape index (κ2) is 10.8. The second-order valence-electron chi connectivity index (χ2n) is 7.68. The molecule has 2 N–H and O–H groups in total. The number of aromatic nitrogens is 1. The highest BCUT2D eigenvalue weighted by atomic mass is 127. The third kappa shape index (κ3) is 6.17. The number of hydrogen-bond acceptors (Lipinski definition) is 3. The third-order valence-electron chi connectivity index (χ3n) is 5.30. The fourth-order valence-corrected chi connectivity index (χ4v) is 3.50. The highest BCUT2D eigenvalue weighted by Crippen LogP contribution is 2.24. The van der Waals surface area contributed by atoms with Crippen molar-refractivity contribution in [1.82, 2.24) is 20.5 Å². The molecule has 5 nitrogen and oxygen atoms in total. The first kappa shape index (κ1) is 22.6. The Morgan fingerprint density at radius 1 is 1.11 bits per heavy atom. The van der Waals surface area contributed by atoms with Crippen LogP contribution in [0.5, 0.6) is 0 Å². The van der Waals surface area contributed by atoms with Gasteiger partial charge in [-0.3, -0.25) is 14.9 Å². The molecule has 0 atom stereocenters. The van der Waals surface area contributed by atoms with Crippen LogP contribution in [0.25, 0.3) is 0 Å². The van der Waals surface area contributed by atoms with Crippen LogP contribution in [0.1, 0.15) is 30.7 Å². The van der Waals surface area contributed by atoms with Gasteiger partial charge in [-0.2, -0.15) is 0 Å². The van der Waals surface area contributed by atoms with E-state index < -0.39 is 0 Å². The molecule has 3 rings (SSSR count). The van der Waals surface area contributed by atoms with Crippen molar-refractivity contribution in [3.05, 3.63) is 65.5 Å². The lowest BCUT2D eigenvalue weighted by molar-refractivity contribution is 0.107. The van der Waals surface area contributed by atoms with Crippen LogP contribution in [0.4, 0.5) is 0 Å². The van der Waals surface area contributed by atoms with Crippen molar-refractivity contribution in [3.63, 3.8) is 0 Å². The summed E-state index contributed by atoms with van der Waals surface area (Å²) in [5.41, 5.74) is 4.08. The molecular formula is C22H32IN5. The highest BCUT2D eigenvalue weighted by molar-refractivity contribution is 14.0.